The van der Waals surface area contributed by atoms with E-state index in [0.717, 1.165) is 38.5 Å². The van der Waals surface area contributed by atoms with Crippen molar-refractivity contribution >= 4 is 19.8 Å². The Labute approximate surface area is 241 Å². The molecule has 1 atom stereocenters. The van der Waals surface area contributed by atoms with E-state index in [1.165, 1.54) is 25.7 Å². The Bertz CT molecular complexity index is 838. The molecule has 0 aromatic carbocycles. The first kappa shape index (κ1) is 37.8. The maximum atomic E-state index is 12.2. The van der Waals surface area contributed by atoms with Crippen molar-refractivity contribution in [3.63, 3.8) is 0 Å². The number of esters is 2. The van der Waals surface area contributed by atoms with Crippen LogP contribution < -0.4 is 0 Å². The normalized spacial score (nSPS) is 13.4. The average Bonchev–Trinajstić information content (AvgIpc) is 2.91. The van der Waals surface area contributed by atoms with Crippen molar-refractivity contribution in [1.82, 2.24) is 0 Å². The third-order valence-corrected chi connectivity index (χ3v) is 6.10. The number of ether oxygens (including phenoxy) is 2. The van der Waals surface area contributed by atoms with Gasteiger partial charge in [-0.1, -0.05) is 100 Å². The molecular formula is C31H51O8P. The van der Waals surface area contributed by atoms with Crippen molar-refractivity contribution in [3.05, 3.63) is 60.8 Å². The zero-order valence-electron chi connectivity index (χ0n) is 24.5. The fourth-order valence-electron chi connectivity index (χ4n) is 3.44. The van der Waals surface area contributed by atoms with Crippen LogP contribution in [0, 0.1) is 0 Å². The number of hydrogen-bond donors (Lipinski definition) is 2. The van der Waals surface area contributed by atoms with Crippen molar-refractivity contribution in [1.29, 1.82) is 0 Å². The van der Waals surface area contributed by atoms with Gasteiger partial charge in [0.05, 0.1) is 6.61 Å². The van der Waals surface area contributed by atoms with Crippen molar-refractivity contribution in [2.45, 2.75) is 110 Å². The molecule has 2 N–H and O–H groups in total. The molecule has 8 nitrogen and oxygen atoms in total. The molecule has 0 bridgehead atoms. The maximum Gasteiger partial charge on any atom is 0.469 e. The lowest BCUT2D eigenvalue weighted by molar-refractivity contribution is -0.161. The van der Waals surface area contributed by atoms with Gasteiger partial charge in [0.1, 0.15) is 6.61 Å². The van der Waals surface area contributed by atoms with Gasteiger partial charge in [0.15, 0.2) is 6.10 Å². The molecular weight excluding hydrogens is 531 g/mol. The topological polar surface area (TPSA) is 119 Å². The van der Waals surface area contributed by atoms with Crippen LogP contribution in [0.1, 0.15) is 104 Å². The summed E-state index contributed by atoms with van der Waals surface area (Å²) in [5.41, 5.74) is 0. The highest BCUT2D eigenvalue weighted by molar-refractivity contribution is 7.46. The van der Waals surface area contributed by atoms with E-state index in [0.29, 0.717) is 12.8 Å². The fraction of sp³-hybridized carbons (Fsp3) is 0.613. The molecule has 0 aliphatic carbocycles. The quantitative estimate of drug-likeness (QED) is 0.0367. The third-order valence-electron chi connectivity index (χ3n) is 5.61. The highest BCUT2D eigenvalue weighted by atomic mass is 31.2. The number of hydrogen-bond acceptors (Lipinski definition) is 6. The number of phosphoric ester groups is 1. The van der Waals surface area contributed by atoms with Gasteiger partial charge in [0.2, 0.25) is 0 Å². The van der Waals surface area contributed by atoms with E-state index in [4.69, 9.17) is 19.3 Å². The van der Waals surface area contributed by atoms with Crippen LogP contribution >= 0.6 is 7.82 Å². The second-order valence-corrected chi connectivity index (χ2v) is 10.7. The van der Waals surface area contributed by atoms with Crippen LogP contribution in [0.3, 0.4) is 0 Å². The smallest absolute Gasteiger partial charge is 0.462 e. The molecule has 0 aliphatic rings. The lowest BCUT2D eigenvalue weighted by atomic mass is 10.1. The minimum atomic E-state index is -4.76. The number of carbonyl (C=O) groups is 2. The summed E-state index contributed by atoms with van der Waals surface area (Å²) in [6.07, 6.45) is 31.1. The predicted molar refractivity (Wildman–Crippen MR) is 161 cm³/mol. The van der Waals surface area contributed by atoms with Gasteiger partial charge in [-0.3, -0.25) is 14.1 Å². The largest absolute Gasteiger partial charge is 0.469 e. The molecule has 0 aliphatic heterocycles. The molecule has 1 unspecified atom stereocenters. The van der Waals surface area contributed by atoms with E-state index in [1.54, 1.807) is 0 Å². The average molecular weight is 583 g/mol. The molecule has 0 amide bonds. The Morgan fingerprint density at radius 2 is 1.25 bits per heavy atom. The Kier molecular flexibility index (Phi) is 25.4. The molecule has 0 rings (SSSR count). The summed E-state index contributed by atoms with van der Waals surface area (Å²) in [6, 6.07) is 0. The van der Waals surface area contributed by atoms with E-state index in [-0.39, 0.29) is 19.4 Å². The summed E-state index contributed by atoms with van der Waals surface area (Å²) in [4.78, 5) is 42.2. The van der Waals surface area contributed by atoms with Gasteiger partial charge in [0.25, 0.3) is 0 Å². The molecule has 0 radical (unpaired) electrons. The molecule has 0 saturated heterocycles. The van der Waals surface area contributed by atoms with E-state index in [1.807, 2.05) is 36.5 Å². The van der Waals surface area contributed by atoms with Gasteiger partial charge in [-0.2, -0.15) is 0 Å². The lowest BCUT2D eigenvalue weighted by Gasteiger charge is -2.18. The first-order valence-electron chi connectivity index (χ1n) is 14.6. The van der Waals surface area contributed by atoms with Crippen LogP contribution in [-0.4, -0.2) is 41.0 Å². The van der Waals surface area contributed by atoms with Crippen molar-refractivity contribution in [3.8, 4) is 0 Å². The minimum Gasteiger partial charge on any atom is -0.462 e. The molecule has 0 aromatic rings. The zero-order valence-corrected chi connectivity index (χ0v) is 25.4. The second kappa shape index (κ2) is 26.9. The van der Waals surface area contributed by atoms with Crippen molar-refractivity contribution < 1.29 is 37.9 Å². The van der Waals surface area contributed by atoms with Crippen LogP contribution in [0.4, 0.5) is 0 Å². The second-order valence-electron chi connectivity index (χ2n) is 9.43. The van der Waals surface area contributed by atoms with Gasteiger partial charge in [-0.15, -0.1) is 0 Å². The van der Waals surface area contributed by atoms with Gasteiger partial charge in [0, 0.05) is 12.8 Å². The van der Waals surface area contributed by atoms with Crippen LogP contribution in [0.25, 0.3) is 0 Å². The van der Waals surface area contributed by atoms with Crippen LogP contribution in [0.2, 0.25) is 0 Å². The van der Waals surface area contributed by atoms with Crippen LogP contribution in [0.15, 0.2) is 60.8 Å². The fourth-order valence-corrected chi connectivity index (χ4v) is 3.80. The summed E-state index contributed by atoms with van der Waals surface area (Å²) >= 11 is 0. The number of unbranched alkanes of at least 4 members (excludes halogenated alkanes) is 8. The number of phosphoric acid groups is 1. The molecule has 0 saturated carbocycles. The number of allylic oxidation sites excluding steroid dienone is 10. The SMILES string of the molecule is CC/C=C/C=C/C=C/C=C/CCCCCC(=O)OC(COC(=O)CCC/C=C/CCCCCC)COP(=O)(O)O. The number of carbonyl (C=O) groups excluding carboxylic acids is 2. The van der Waals surface area contributed by atoms with Crippen molar-refractivity contribution in [2.75, 3.05) is 13.2 Å². The monoisotopic (exact) mass is 582 g/mol. The number of rotatable bonds is 25. The minimum absolute atomic E-state index is 0.158. The van der Waals surface area contributed by atoms with E-state index in [9.17, 15) is 14.2 Å². The van der Waals surface area contributed by atoms with E-state index in [2.05, 4.69) is 42.7 Å². The molecule has 228 valence electrons. The van der Waals surface area contributed by atoms with E-state index >= 15 is 0 Å². The molecule has 9 heteroatoms. The highest BCUT2D eigenvalue weighted by Gasteiger charge is 2.22. The summed E-state index contributed by atoms with van der Waals surface area (Å²) in [6.45, 7) is 3.39. The van der Waals surface area contributed by atoms with Crippen LogP contribution in [0.5, 0.6) is 0 Å². The molecule has 0 aromatic heterocycles. The Morgan fingerprint density at radius 3 is 1.90 bits per heavy atom. The zero-order chi connectivity index (χ0) is 29.7. The summed E-state index contributed by atoms with van der Waals surface area (Å²) in [7, 11) is -4.76. The lowest BCUT2D eigenvalue weighted by Crippen LogP contribution is -2.29. The summed E-state index contributed by atoms with van der Waals surface area (Å²) in [5, 5.41) is 0. The third kappa shape index (κ3) is 28.8. The first-order chi connectivity index (χ1) is 19.3. The molecule has 40 heavy (non-hydrogen) atoms. The van der Waals surface area contributed by atoms with Crippen molar-refractivity contribution in [2.24, 2.45) is 0 Å². The summed E-state index contributed by atoms with van der Waals surface area (Å²) in [5.74, 6) is -0.984. The predicted octanol–water partition coefficient (Wildman–Crippen LogP) is 7.83. The van der Waals surface area contributed by atoms with Gasteiger partial charge in [-0.05, 0) is 51.4 Å². The standard InChI is InChI=1S/C31H51O8P/c1-3-5-7-9-11-13-14-15-16-18-20-22-24-26-31(33)39-29(28-38-40(34,35)36)27-37-30(32)25-23-21-19-17-12-10-8-6-4-2/h5,7,9,11,13-17,19,29H,3-4,6,8,10,12,18,20-28H2,1-2H3,(H2,34,35,36)/b7-5+,11-9+,14-13+,16-15+,19-17+. The maximum absolute atomic E-state index is 12.2. The van der Waals surface area contributed by atoms with E-state index < -0.39 is 32.5 Å². The molecule has 0 spiro atoms. The molecule has 0 heterocycles. The Hall–Kier alpha value is -2.25. The molecule has 0 fully saturated rings. The van der Waals surface area contributed by atoms with Gasteiger partial charge < -0.3 is 19.3 Å². The summed E-state index contributed by atoms with van der Waals surface area (Å²) < 4.78 is 26.0. The van der Waals surface area contributed by atoms with Gasteiger partial charge >= 0.3 is 19.8 Å². The highest BCUT2D eigenvalue weighted by Crippen LogP contribution is 2.35. The first-order valence-corrected chi connectivity index (χ1v) is 16.2. The Morgan fingerprint density at radius 1 is 0.675 bits per heavy atom. The Balaban J connectivity index is 4.23. The van der Waals surface area contributed by atoms with Crippen LogP contribution in [-0.2, 0) is 28.2 Å². The van der Waals surface area contributed by atoms with Gasteiger partial charge in [-0.25, -0.2) is 4.57 Å².